The lowest BCUT2D eigenvalue weighted by Gasteiger charge is -2.15. The molecular formula is C118H100N12O12S4. The van der Waals surface area contributed by atoms with E-state index in [9.17, 15) is 19.2 Å². The van der Waals surface area contributed by atoms with Crippen molar-refractivity contribution in [3.05, 3.63) is 402 Å². The minimum atomic E-state index is -0.950. The summed E-state index contributed by atoms with van der Waals surface area (Å²) in [5, 5.41) is 54.2. The van der Waals surface area contributed by atoms with Crippen molar-refractivity contribution < 1.29 is 57.3 Å². The third-order valence-electron chi connectivity index (χ3n) is 23.8. The molecule has 0 aliphatic rings. The molecule has 0 fully saturated rings. The predicted molar refractivity (Wildman–Crippen MR) is 592 cm³/mol. The summed E-state index contributed by atoms with van der Waals surface area (Å²) in [6, 6.07) is 76.4. The van der Waals surface area contributed by atoms with Gasteiger partial charge in [0, 0.05) is 131 Å². The molecule has 0 bridgehead atoms. The molecule has 728 valence electrons. The number of rotatable bonds is 34. The minimum Gasteiger partial charge on any atom is -0.481 e. The molecule has 0 atom stereocenters. The van der Waals surface area contributed by atoms with Gasteiger partial charge in [-0.2, -0.15) is 0 Å². The van der Waals surface area contributed by atoms with Gasteiger partial charge in [-0.05, 0) is 258 Å². The van der Waals surface area contributed by atoms with Gasteiger partial charge in [-0.3, -0.25) is 9.59 Å². The maximum Gasteiger partial charge on any atom is 0.335 e. The molecule has 0 aliphatic carbocycles. The highest BCUT2D eigenvalue weighted by Crippen LogP contribution is 2.40. The van der Waals surface area contributed by atoms with Crippen LogP contribution in [0, 0.1) is 13.8 Å². The number of aryl methyl sites for hydroxylation is 4. The number of carbonyl (C=O) groups is 4. The van der Waals surface area contributed by atoms with E-state index in [-0.39, 0.29) is 24.0 Å². The average Bonchev–Trinajstić information content (AvgIpc) is 1.80. The quantitative estimate of drug-likeness (QED) is 0.0174. The lowest BCUT2D eigenvalue weighted by Crippen LogP contribution is -2.07. The monoisotopic (exact) mass is 2000 g/mol. The van der Waals surface area contributed by atoms with Gasteiger partial charge in [0.1, 0.15) is 45.6 Å². The number of hydrogen-bond donors (Lipinski definition) is 8. The number of allylic oxidation sites excluding steroid dienone is 2. The second kappa shape index (κ2) is 47.0. The number of furan rings is 4. The second-order valence-corrected chi connectivity index (χ2v) is 38.1. The largest absolute Gasteiger partial charge is 0.481 e. The van der Waals surface area contributed by atoms with Gasteiger partial charge in [-0.25, -0.2) is 49.5 Å². The number of para-hydroxylation sites is 4. The summed E-state index contributed by atoms with van der Waals surface area (Å²) in [5.41, 5.74) is 20.7. The maximum absolute atomic E-state index is 11.2. The van der Waals surface area contributed by atoms with Crippen LogP contribution in [0.2, 0.25) is 0 Å². The van der Waals surface area contributed by atoms with Crippen LogP contribution >= 0.6 is 45.3 Å². The highest BCUT2D eigenvalue weighted by Gasteiger charge is 2.23. The summed E-state index contributed by atoms with van der Waals surface area (Å²) in [4.78, 5) is 91.3. The van der Waals surface area contributed by atoms with E-state index in [0.29, 0.717) is 42.0 Å². The van der Waals surface area contributed by atoms with E-state index in [1.165, 1.54) is 0 Å². The number of anilines is 8. The van der Waals surface area contributed by atoms with Crippen LogP contribution in [0.1, 0.15) is 146 Å². The average molecular weight is 2010 g/mol. The molecule has 0 radical (unpaired) electrons. The van der Waals surface area contributed by atoms with Crippen LogP contribution in [0.25, 0.3) is 135 Å². The van der Waals surface area contributed by atoms with Crippen molar-refractivity contribution in [2.45, 2.75) is 92.9 Å². The van der Waals surface area contributed by atoms with Gasteiger partial charge in [0.2, 0.25) is 0 Å². The molecular weight excluding hydrogens is 1910 g/mol. The van der Waals surface area contributed by atoms with Crippen molar-refractivity contribution in [1.29, 1.82) is 0 Å². The number of aromatic carboxylic acids is 2. The Morgan fingerprint density at radius 3 is 0.884 bits per heavy atom. The zero-order valence-electron chi connectivity index (χ0n) is 80.5. The number of nitrogens with one attached hydrogen (secondary N) is 4. The van der Waals surface area contributed by atoms with Gasteiger partial charge in [-0.15, -0.1) is 58.5 Å². The standard InChI is InChI=1S/C31H27N3O3S.C30H25N3O3S.C29H25N3O3S.C28H23N3O3S/c1-3-7-25-26(4-2)33-31(34-30(25)32-22-13-10-20(11-14-22)18-29(35)36)28-17-16-23(38-28)15-12-21-19-37-27-9-6-5-8-24(21)27;1-3-6-24-19(2)31-30(33-29(24)32-22-12-9-20(10-13-22)17-28(34)35)27-16-15-23(37-27)14-11-21-18-36-26-8-5-4-7-25(21)26;1-3-22-24(4-2)31-28(32-27(22)30-20-12-9-18(10-13-20)29(33)34)26-16-15-21(36-26)14-11-19-17-35-25-8-6-5-7-23(19)25;1-3-22-17(2)29-27(31-26(22)30-20-11-8-18(9-12-20)28(32)33)25-15-14-21(35-25)13-10-19-16-34-24-7-5-4-6-23(19)24/h3,5-6,8-17,19H,1,4,7,18H2,2H3,(H,35,36)(H,32,33,34);3-5,7-16,18H,1,6,17H2,2H3,(H,34,35)(H,31,32,33);5-17H,3-4H2,1-2H3,(H,33,34)(H,30,31,32);4-16H,3H2,1-2H3,(H,32,33)(H,29,30,31)/b15-12+;2*14-11+;13-10+. The third kappa shape index (κ3) is 24.6. The summed E-state index contributed by atoms with van der Waals surface area (Å²) in [5.74, 6) is 1.96. The predicted octanol–water partition coefficient (Wildman–Crippen LogP) is 30.4. The van der Waals surface area contributed by atoms with Crippen molar-refractivity contribution in [2.75, 3.05) is 21.3 Å². The fourth-order valence-corrected chi connectivity index (χ4v) is 19.8. The first-order chi connectivity index (χ1) is 71.1. The van der Waals surface area contributed by atoms with Crippen molar-refractivity contribution in [3.8, 4) is 42.8 Å². The smallest absolute Gasteiger partial charge is 0.335 e. The Morgan fingerprint density at radius 2 is 0.582 bits per heavy atom. The highest BCUT2D eigenvalue weighted by atomic mass is 32.1. The maximum atomic E-state index is 11.2. The lowest BCUT2D eigenvalue weighted by atomic mass is 10.1. The molecule has 12 aromatic heterocycles. The van der Waals surface area contributed by atoms with Gasteiger partial charge >= 0.3 is 23.9 Å². The summed E-state index contributed by atoms with van der Waals surface area (Å²) in [6.45, 7) is 20.1. The van der Waals surface area contributed by atoms with E-state index in [2.05, 4.69) is 147 Å². The molecule has 146 heavy (non-hydrogen) atoms. The highest BCUT2D eigenvalue weighted by molar-refractivity contribution is 7.17. The summed E-state index contributed by atoms with van der Waals surface area (Å²) in [6.07, 6.45) is 31.7. The SMILES string of the molecule is C=CCc1c(C)nc(-c2ccc(/C=C/c3coc4ccccc34)s2)nc1Nc1ccc(CC(=O)O)cc1.C=CCc1c(CC)nc(-c2ccc(/C=C/c3coc4ccccc34)s2)nc1Nc1ccc(CC(=O)O)cc1.CCc1c(C)nc(-c2ccc(/C=C/c3coc4ccccc34)s2)nc1Nc1ccc(C(=O)O)cc1.CCc1nc(-c2ccc(/C=C/c3coc4ccccc34)s2)nc(Nc2ccc(C(=O)O)cc2)c1CC. The first kappa shape index (κ1) is 100. The van der Waals surface area contributed by atoms with E-state index in [0.717, 1.165) is 227 Å². The van der Waals surface area contributed by atoms with E-state index >= 15 is 0 Å². The van der Waals surface area contributed by atoms with Gasteiger partial charge in [0.05, 0.1) is 68.5 Å². The van der Waals surface area contributed by atoms with Gasteiger partial charge in [0.25, 0.3) is 0 Å². The first-order valence-corrected chi connectivity index (χ1v) is 50.5. The van der Waals surface area contributed by atoms with Crippen LogP contribution in [0.15, 0.2) is 311 Å². The number of thiophene rings is 4. The van der Waals surface area contributed by atoms with Crippen LogP contribution in [0.5, 0.6) is 0 Å². The number of nitrogens with zero attached hydrogens (tertiary/aromatic N) is 8. The topological polar surface area (TPSA) is 353 Å². The number of carboxylic acids is 4. The number of hydrogen-bond acceptors (Lipinski definition) is 24. The van der Waals surface area contributed by atoms with E-state index in [1.807, 2.05) is 172 Å². The molecule has 20 rings (SSSR count). The third-order valence-corrected chi connectivity index (χ3v) is 27.9. The van der Waals surface area contributed by atoms with Crippen LogP contribution in [0.3, 0.4) is 0 Å². The fraction of sp³-hybridized carbons (Fsp3) is 0.119. The zero-order chi connectivity index (χ0) is 102. The molecule has 8 N–H and O–H groups in total. The molecule has 8 aromatic carbocycles. The van der Waals surface area contributed by atoms with Crippen LogP contribution in [-0.2, 0) is 61.0 Å². The fourth-order valence-electron chi connectivity index (χ4n) is 16.4. The normalized spacial score (nSPS) is 11.3. The van der Waals surface area contributed by atoms with Crippen molar-refractivity contribution in [2.24, 2.45) is 0 Å². The Bertz CT molecular complexity index is 8280. The van der Waals surface area contributed by atoms with Crippen molar-refractivity contribution in [1.82, 2.24) is 39.9 Å². The summed E-state index contributed by atoms with van der Waals surface area (Å²) >= 11 is 6.50. The number of carboxylic acid groups (broad SMARTS) is 4. The van der Waals surface area contributed by atoms with E-state index < -0.39 is 23.9 Å². The Morgan fingerprint density at radius 1 is 0.308 bits per heavy atom. The molecule has 0 saturated heterocycles. The van der Waals surface area contributed by atoms with Crippen LogP contribution in [-0.4, -0.2) is 84.2 Å². The Balaban J connectivity index is 0.000000133. The lowest BCUT2D eigenvalue weighted by molar-refractivity contribution is -0.137. The molecule has 24 nitrogen and oxygen atoms in total. The van der Waals surface area contributed by atoms with E-state index in [1.54, 1.807) is 131 Å². The summed E-state index contributed by atoms with van der Waals surface area (Å²) < 4.78 is 22.5. The Kier molecular flexibility index (Phi) is 32.2. The molecule has 0 saturated carbocycles. The van der Waals surface area contributed by atoms with Crippen molar-refractivity contribution in [3.63, 3.8) is 0 Å². The van der Waals surface area contributed by atoms with Crippen LogP contribution < -0.4 is 21.3 Å². The molecule has 20 aromatic rings. The van der Waals surface area contributed by atoms with Gasteiger partial charge < -0.3 is 59.4 Å². The molecule has 0 spiro atoms. The van der Waals surface area contributed by atoms with Crippen molar-refractivity contribution >= 4 is 208 Å². The molecule has 28 heteroatoms. The molecule has 0 aliphatic heterocycles. The molecule has 12 heterocycles. The number of aliphatic carboxylic acids is 2. The van der Waals surface area contributed by atoms with Gasteiger partial charge in [0.15, 0.2) is 23.3 Å². The second-order valence-electron chi connectivity index (χ2n) is 33.7. The molecule has 0 unspecified atom stereocenters. The zero-order valence-corrected chi connectivity index (χ0v) is 83.8. The minimum absolute atomic E-state index is 0.00832. The van der Waals surface area contributed by atoms with Gasteiger partial charge in [-0.1, -0.05) is 137 Å². The van der Waals surface area contributed by atoms with E-state index in [4.69, 9.17) is 78.0 Å². The number of fused-ring (bicyclic) bond motifs is 4. The van der Waals surface area contributed by atoms with Crippen LogP contribution in [0.4, 0.5) is 46.0 Å². The number of aromatic nitrogens is 8. The first-order valence-electron chi connectivity index (χ1n) is 47.2. The molecule has 0 amide bonds. The summed E-state index contributed by atoms with van der Waals surface area (Å²) in [7, 11) is 0. The number of benzene rings is 8. The Hall–Kier alpha value is -17.4. The Labute approximate surface area is 857 Å².